The minimum atomic E-state index is -0.489. The van der Waals surface area contributed by atoms with Gasteiger partial charge in [-0.3, -0.25) is 4.57 Å². The molecule has 0 unspecified atom stereocenters. The summed E-state index contributed by atoms with van der Waals surface area (Å²) in [7, 11) is 1.72. The highest BCUT2D eigenvalue weighted by Crippen LogP contribution is 2.21. The number of aryl methyl sites for hydroxylation is 2. The number of nitrogens with one attached hydrogen (secondary N) is 1. The van der Waals surface area contributed by atoms with E-state index < -0.39 is 4.92 Å². The third kappa shape index (κ3) is 2.48. The molecule has 1 heterocycles. The molecular weight excluding hydrogens is 232 g/mol. The Morgan fingerprint density at radius 1 is 1.39 bits per heavy atom. The SMILES string of the molecule is Cc1ccc(CNc2c([N+](=O)[O-])ncn2C)cc1. The largest absolute Gasteiger partial charge is 0.406 e. The maximum atomic E-state index is 10.8. The lowest BCUT2D eigenvalue weighted by Gasteiger charge is -2.06. The highest BCUT2D eigenvalue weighted by Gasteiger charge is 2.19. The van der Waals surface area contributed by atoms with Gasteiger partial charge in [0, 0.05) is 13.6 Å². The lowest BCUT2D eigenvalue weighted by molar-refractivity contribution is -0.388. The van der Waals surface area contributed by atoms with Crippen molar-refractivity contribution in [3.63, 3.8) is 0 Å². The van der Waals surface area contributed by atoms with Crippen LogP contribution in [0.15, 0.2) is 30.6 Å². The van der Waals surface area contributed by atoms with Gasteiger partial charge in [-0.15, -0.1) is 0 Å². The third-order valence-electron chi connectivity index (χ3n) is 2.67. The first kappa shape index (κ1) is 12.1. The first-order valence-electron chi connectivity index (χ1n) is 5.53. The average Bonchev–Trinajstić information content (AvgIpc) is 2.70. The molecule has 0 aliphatic carbocycles. The van der Waals surface area contributed by atoms with Gasteiger partial charge in [-0.2, -0.15) is 0 Å². The fraction of sp³-hybridized carbons (Fsp3) is 0.250. The van der Waals surface area contributed by atoms with Crippen molar-refractivity contribution in [3.8, 4) is 0 Å². The van der Waals surface area contributed by atoms with Gasteiger partial charge >= 0.3 is 5.82 Å². The molecule has 1 aromatic heterocycles. The van der Waals surface area contributed by atoms with E-state index in [0.29, 0.717) is 12.4 Å². The van der Waals surface area contributed by atoms with Gasteiger partial charge in [0.2, 0.25) is 12.1 Å². The number of nitro groups is 1. The van der Waals surface area contributed by atoms with Gasteiger partial charge < -0.3 is 15.4 Å². The van der Waals surface area contributed by atoms with Gasteiger partial charge in [-0.25, -0.2) is 0 Å². The molecule has 0 amide bonds. The summed E-state index contributed by atoms with van der Waals surface area (Å²) in [4.78, 5) is 14.0. The number of aromatic nitrogens is 2. The zero-order valence-corrected chi connectivity index (χ0v) is 10.3. The van der Waals surface area contributed by atoms with Gasteiger partial charge in [0.05, 0.1) is 0 Å². The van der Waals surface area contributed by atoms with E-state index in [1.54, 1.807) is 11.6 Å². The Morgan fingerprint density at radius 3 is 2.67 bits per heavy atom. The molecule has 0 spiro atoms. The number of rotatable bonds is 4. The van der Waals surface area contributed by atoms with Crippen LogP contribution in [0.3, 0.4) is 0 Å². The molecule has 94 valence electrons. The number of hydrogen-bond acceptors (Lipinski definition) is 4. The second-order valence-corrected chi connectivity index (χ2v) is 4.12. The van der Waals surface area contributed by atoms with Crippen LogP contribution in [0.1, 0.15) is 11.1 Å². The Hall–Kier alpha value is -2.37. The molecule has 1 N–H and O–H groups in total. The lowest BCUT2D eigenvalue weighted by Crippen LogP contribution is -2.05. The zero-order chi connectivity index (χ0) is 13.1. The van der Waals surface area contributed by atoms with E-state index in [-0.39, 0.29) is 5.82 Å². The van der Waals surface area contributed by atoms with Crippen molar-refractivity contribution in [3.05, 3.63) is 51.8 Å². The monoisotopic (exact) mass is 246 g/mol. The Bertz CT molecular complexity index is 560. The highest BCUT2D eigenvalue weighted by molar-refractivity contribution is 5.52. The molecule has 2 rings (SSSR count). The van der Waals surface area contributed by atoms with Crippen molar-refractivity contribution in [2.45, 2.75) is 13.5 Å². The smallest absolute Gasteiger partial charge is 0.360 e. The minimum absolute atomic E-state index is 0.149. The Balaban J connectivity index is 2.12. The van der Waals surface area contributed by atoms with Crippen LogP contribution >= 0.6 is 0 Å². The summed E-state index contributed by atoms with van der Waals surface area (Å²) in [5.41, 5.74) is 2.25. The predicted octanol–water partition coefficient (Wildman–Crippen LogP) is 2.25. The summed E-state index contributed by atoms with van der Waals surface area (Å²) in [5, 5.41) is 13.8. The standard InChI is InChI=1S/C12H14N4O2/c1-9-3-5-10(6-4-9)7-13-11-12(16(17)18)14-8-15(11)2/h3-6,8,13H,7H2,1-2H3. The first-order chi connectivity index (χ1) is 8.58. The van der Waals surface area contributed by atoms with Gasteiger partial charge in [-0.05, 0) is 22.4 Å². The van der Waals surface area contributed by atoms with E-state index in [1.165, 1.54) is 11.9 Å². The van der Waals surface area contributed by atoms with Crippen LogP contribution in [-0.2, 0) is 13.6 Å². The van der Waals surface area contributed by atoms with Crippen LogP contribution in [0.25, 0.3) is 0 Å². The molecule has 0 radical (unpaired) electrons. The van der Waals surface area contributed by atoms with Crippen molar-refractivity contribution < 1.29 is 4.92 Å². The van der Waals surface area contributed by atoms with Crippen LogP contribution in [0, 0.1) is 17.0 Å². The lowest BCUT2D eigenvalue weighted by atomic mass is 10.1. The molecule has 2 aromatic rings. The number of imidazole rings is 1. The molecule has 0 atom stereocenters. The van der Waals surface area contributed by atoms with Crippen LogP contribution in [0.4, 0.5) is 11.6 Å². The summed E-state index contributed by atoms with van der Waals surface area (Å²) >= 11 is 0. The highest BCUT2D eigenvalue weighted by atomic mass is 16.6. The fourth-order valence-corrected chi connectivity index (χ4v) is 1.65. The number of anilines is 1. The molecule has 6 nitrogen and oxygen atoms in total. The Morgan fingerprint density at radius 2 is 2.06 bits per heavy atom. The van der Waals surface area contributed by atoms with Crippen molar-refractivity contribution in [1.29, 1.82) is 0 Å². The molecule has 0 aliphatic heterocycles. The Kier molecular flexibility index (Phi) is 3.27. The van der Waals surface area contributed by atoms with E-state index in [9.17, 15) is 10.1 Å². The minimum Gasteiger partial charge on any atom is -0.360 e. The molecule has 0 saturated carbocycles. The van der Waals surface area contributed by atoms with Crippen molar-refractivity contribution in [1.82, 2.24) is 9.55 Å². The van der Waals surface area contributed by atoms with Gasteiger partial charge in [0.15, 0.2) is 0 Å². The first-order valence-corrected chi connectivity index (χ1v) is 5.53. The van der Waals surface area contributed by atoms with E-state index in [1.807, 2.05) is 31.2 Å². The molecule has 18 heavy (non-hydrogen) atoms. The van der Waals surface area contributed by atoms with Crippen molar-refractivity contribution >= 4 is 11.6 Å². The molecule has 0 fully saturated rings. The summed E-state index contributed by atoms with van der Waals surface area (Å²) in [6.07, 6.45) is 1.43. The van der Waals surface area contributed by atoms with E-state index in [4.69, 9.17) is 0 Å². The number of nitrogens with zero attached hydrogens (tertiary/aromatic N) is 3. The second-order valence-electron chi connectivity index (χ2n) is 4.12. The van der Waals surface area contributed by atoms with Crippen LogP contribution < -0.4 is 5.32 Å². The van der Waals surface area contributed by atoms with Gasteiger partial charge in [0.25, 0.3) is 0 Å². The molecule has 0 bridgehead atoms. The normalized spacial score (nSPS) is 10.3. The average molecular weight is 246 g/mol. The van der Waals surface area contributed by atoms with E-state index in [0.717, 1.165) is 5.56 Å². The second kappa shape index (κ2) is 4.87. The summed E-state index contributed by atoms with van der Waals surface area (Å²) in [5.74, 6) is 0.269. The molecule has 0 aliphatic rings. The predicted molar refractivity (Wildman–Crippen MR) is 68.4 cm³/mol. The van der Waals surface area contributed by atoms with E-state index in [2.05, 4.69) is 10.3 Å². The Labute approximate surface area is 104 Å². The molecule has 1 aromatic carbocycles. The summed E-state index contributed by atoms with van der Waals surface area (Å²) in [6.45, 7) is 2.55. The summed E-state index contributed by atoms with van der Waals surface area (Å²) < 4.78 is 1.60. The van der Waals surface area contributed by atoms with Crippen molar-refractivity contribution in [2.75, 3.05) is 5.32 Å². The molecule has 0 saturated heterocycles. The van der Waals surface area contributed by atoms with Crippen molar-refractivity contribution in [2.24, 2.45) is 7.05 Å². The third-order valence-corrected chi connectivity index (χ3v) is 2.67. The van der Waals surface area contributed by atoms with E-state index >= 15 is 0 Å². The maximum Gasteiger partial charge on any atom is 0.406 e. The molecule has 6 heteroatoms. The summed E-state index contributed by atoms with van der Waals surface area (Å²) in [6, 6.07) is 8.00. The van der Waals surface area contributed by atoms with Crippen LogP contribution in [0.5, 0.6) is 0 Å². The fourth-order valence-electron chi connectivity index (χ4n) is 1.65. The number of benzene rings is 1. The topological polar surface area (TPSA) is 73.0 Å². The van der Waals surface area contributed by atoms with Crippen LogP contribution in [0.2, 0.25) is 0 Å². The maximum absolute atomic E-state index is 10.8. The van der Waals surface area contributed by atoms with Gasteiger partial charge in [0.1, 0.15) is 0 Å². The van der Waals surface area contributed by atoms with Gasteiger partial charge in [-0.1, -0.05) is 29.8 Å². The molecular formula is C12H14N4O2. The zero-order valence-electron chi connectivity index (χ0n) is 10.3. The number of hydrogen-bond donors (Lipinski definition) is 1. The van der Waals surface area contributed by atoms with Crippen LogP contribution in [-0.4, -0.2) is 14.5 Å². The quantitative estimate of drug-likeness (QED) is 0.663.